The molecule has 1 aliphatic carbocycles. The highest BCUT2D eigenvalue weighted by atomic mass is 32.2. The Balaban J connectivity index is 1.93. The Hall–Kier alpha value is -1.62. The quantitative estimate of drug-likeness (QED) is 0.914. The fraction of sp³-hybridized carbons (Fsp3) is 0.471. The zero-order valence-corrected chi connectivity index (χ0v) is 14.2. The Bertz CT molecular complexity index is 655. The van der Waals surface area contributed by atoms with Gasteiger partial charge in [-0.2, -0.15) is 11.8 Å². The number of rotatable bonds is 5. The molecule has 4 nitrogen and oxygen atoms in total. The third kappa shape index (κ3) is 3.24. The van der Waals surface area contributed by atoms with Crippen molar-refractivity contribution in [3.05, 3.63) is 35.8 Å². The molecule has 1 aliphatic rings. The van der Waals surface area contributed by atoms with Crippen molar-refractivity contribution in [1.82, 2.24) is 15.0 Å². The first-order valence-electron chi connectivity index (χ1n) is 7.68. The molecule has 1 N–H and O–H groups in total. The van der Waals surface area contributed by atoms with Crippen LogP contribution >= 0.6 is 11.8 Å². The second kappa shape index (κ2) is 6.24. The lowest BCUT2D eigenvalue weighted by Crippen LogP contribution is -2.26. The fourth-order valence-electron chi connectivity index (χ4n) is 2.58. The molecule has 0 saturated carbocycles. The highest BCUT2D eigenvalue weighted by Gasteiger charge is 2.22. The van der Waals surface area contributed by atoms with Gasteiger partial charge in [0.25, 0.3) is 0 Å². The first kappa shape index (κ1) is 15.3. The Morgan fingerprint density at radius 1 is 1.18 bits per heavy atom. The number of pyridine rings is 1. The van der Waals surface area contributed by atoms with Crippen LogP contribution in [-0.2, 0) is 12.8 Å². The van der Waals surface area contributed by atoms with Gasteiger partial charge < -0.3 is 5.32 Å². The SMILES string of the molecule is CSC(C)(C)CNc1nc(-c2ccncc2)nc2c1CCC2. The molecule has 22 heavy (non-hydrogen) atoms. The first-order chi connectivity index (χ1) is 10.6. The van der Waals surface area contributed by atoms with Gasteiger partial charge in [-0.3, -0.25) is 4.98 Å². The van der Waals surface area contributed by atoms with Crippen molar-refractivity contribution >= 4 is 17.6 Å². The maximum Gasteiger partial charge on any atom is 0.161 e. The lowest BCUT2D eigenvalue weighted by atomic mass is 10.1. The molecule has 2 aromatic rings. The Morgan fingerprint density at radius 2 is 1.95 bits per heavy atom. The van der Waals surface area contributed by atoms with Crippen LogP contribution in [-0.4, -0.2) is 32.5 Å². The molecular weight excluding hydrogens is 292 g/mol. The van der Waals surface area contributed by atoms with Crippen molar-refractivity contribution in [3.8, 4) is 11.4 Å². The minimum atomic E-state index is 0.188. The number of nitrogens with zero attached hydrogens (tertiary/aromatic N) is 3. The number of hydrogen-bond donors (Lipinski definition) is 1. The molecule has 0 aliphatic heterocycles. The van der Waals surface area contributed by atoms with E-state index >= 15 is 0 Å². The molecule has 0 saturated heterocycles. The van der Waals surface area contributed by atoms with E-state index in [4.69, 9.17) is 9.97 Å². The molecule has 0 radical (unpaired) electrons. The van der Waals surface area contributed by atoms with Gasteiger partial charge in [0.05, 0.1) is 0 Å². The van der Waals surface area contributed by atoms with E-state index in [0.29, 0.717) is 0 Å². The van der Waals surface area contributed by atoms with E-state index in [9.17, 15) is 0 Å². The molecule has 3 rings (SSSR count). The van der Waals surface area contributed by atoms with Gasteiger partial charge in [-0.25, -0.2) is 9.97 Å². The monoisotopic (exact) mass is 314 g/mol. The summed E-state index contributed by atoms with van der Waals surface area (Å²) in [6, 6.07) is 3.93. The third-order valence-electron chi connectivity index (χ3n) is 4.11. The molecular formula is C17H22N4S. The first-order valence-corrected chi connectivity index (χ1v) is 8.91. The van der Waals surface area contributed by atoms with Crippen LogP contribution in [0, 0.1) is 0 Å². The van der Waals surface area contributed by atoms with Crippen molar-refractivity contribution in [1.29, 1.82) is 0 Å². The summed E-state index contributed by atoms with van der Waals surface area (Å²) in [7, 11) is 0. The zero-order chi connectivity index (χ0) is 15.6. The molecule has 5 heteroatoms. The van der Waals surface area contributed by atoms with Crippen molar-refractivity contribution in [3.63, 3.8) is 0 Å². The summed E-state index contributed by atoms with van der Waals surface area (Å²) < 4.78 is 0.188. The highest BCUT2D eigenvalue weighted by Crippen LogP contribution is 2.30. The van der Waals surface area contributed by atoms with Crippen LogP contribution in [0.2, 0.25) is 0 Å². The molecule has 2 heterocycles. The summed E-state index contributed by atoms with van der Waals surface area (Å²) in [6.45, 7) is 5.39. The zero-order valence-electron chi connectivity index (χ0n) is 13.4. The average molecular weight is 314 g/mol. The Labute approximate surface area is 136 Å². The molecule has 0 unspecified atom stereocenters. The fourth-order valence-corrected chi connectivity index (χ4v) is 2.79. The maximum atomic E-state index is 4.79. The van der Waals surface area contributed by atoms with Gasteiger partial charge in [0, 0.05) is 40.5 Å². The van der Waals surface area contributed by atoms with Crippen LogP contribution in [0.15, 0.2) is 24.5 Å². The van der Waals surface area contributed by atoms with Crippen molar-refractivity contribution in [2.24, 2.45) is 0 Å². The normalized spacial score (nSPS) is 14.0. The van der Waals surface area contributed by atoms with Crippen molar-refractivity contribution in [2.45, 2.75) is 37.9 Å². The predicted molar refractivity (Wildman–Crippen MR) is 93.4 cm³/mol. The number of aryl methyl sites for hydroxylation is 1. The number of anilines is 1. The van der Waals surface area contributed by atoms with E-state index in [-0.39, 0.29) is 4.75 Å². The molecule has 116 valence electrons. The summed E-state index contributed by atoms with van der Waals surface area (Å²) in [5, 5.41) is 3.56. The van der Waals surface area contributed by atoms with Crippen LogP contribution in [0.25, 0.3) is 11.4 Å². The largest absolute Gasteiger partial charge is 0.368 e. The smallest absolute Gasteiger partial charge is 0.161 e. The van der Waals surface area contributed by atoms with Gasteiger partial charge in [0.1, 0.15) is 5.82 Å². The Morgan fingerprint density at radius 3 is 2.68 bits per heavy atom. The summed E-state index contributed by atoms with van der Waals surface area (Å²) >= 11 is 1.87. The van der Waals surface area contributed by atoms with E-state index in [1.54, 1.807) is 12.4 Å². The molecule has 0 spiro atoms. The minimum absolute atomic E-state index is 0.188. The molecule has 0 atom stereocenters. The number of aromatic nitrogens is 3. The van der Waals surface area contributed by atoms with Crippen LogP contribution in [0.1, 0.15) is 31.5 Å². The van der Waals surface area contributed by atoms with Crippen molar-refractivity contribution < 1.29 is 0 Å². The predicted octanol–water partition coefficient (Wildman–Crippen LogP) is 3.58. The summed E-state index contributed by atoms with van der Waals surface area (Å²) in [6.07, 6.45) is 9.02. The average Bonchev–Trinajstić information content (AvgIpc) is 3.02. The maximum absolute atomic E-state index is 4.79. The van der Waals surface area contributed by atoms with Gasteiger partial charge in [-0.05, 0) is 51.5 Å². The van der Waals surface area contributed by atoms with E-state index < -0.39 is 0 Å². The third-order valence-corrected chi connectivity index (χ3v) is 5.36. The van der Waals surface area contributed by atoms with Crippen LogP contribution in [0.5, 0.6) is 0 Å². The van der Waals surface area contributed by atoms with E-state index in [1.165, 1.54) is 17.7 Å². The summed E-state index contributed by atoms with van der Waals surface area (Å²) in [4.78, 5) is 13.6. The van der Waals surface area contributed by atoms with Gasteiger partial charge in [-0.15, -0.1) is 0 Å². The molecule has 0 aromatic carbocycles. The number of nitrogens with one attached hydrogen (secondary N) is 1. The number of thioether (sulfide) groups is 1. The number of hydrogen-bond acceptors (Lipinski definition) is 5. The highest BCUT2D eigenvalue weighted by molar-refractivity contribution is 7.99. The second-order valence-electron chi connectivity index (χ2n) is 6.23. The van der Waals surface area contributed by atoms with E-state index in [0.717, 1.165) is 36.6 Å². The topological polar surface area (TPSA) is 50.7 Å². The second-order valence-corrected chi connectivity index (χ2v) is 7.74. The van der Waals surface area contributed by atoms with E-state index in [1.807, 2.05) is 23.9 Å². The summed E-state index contributed by atoms with van der Waals surface area (Å²) in [5.41, 5.74) is 3.53. The Kier molecular flexibility index (Phi) is 4.34. The molecule has 0 amide bonds. The van der Waals surface area contributed by atoms with E-state index in [2.05, 4.69) is 30.4 Å². The lowest BCUT2D eigenvalue weighted by molar-refractivity contribution is 0.748. The standard InChI is InChI=1S/C17H22N4S/c1-17(2,22-3)11-19-16-13-5-4-6-14(13)20-15(21-16)12-7-9-18-10-8-12/h7-10H,4-6,11H2,1-3H3,(H,19,20,21). The van der Waals surface area contributed by atoms with Gasteiger partial charge in [0.2, 0.25) is 0 Å². The molecule has 0 fully saturated rings. The number of fused-ring (bicyclic) bond motifs is 1. The summed E-state index contributed by atoms with van der Waals surface area (Å²) in [5.74, 6) is 1.81. The lowest BCUT2D eigenvalue weighted by Gasteiger charge is -2.23. The minimum Gasteiger partial charge on any atom is -0.368 e. The van der Waals surface area contributed by atoms with Crippen LogP contribution in [0.4, 0.5) is 5.82 Å². The molecule has 2 aromatic heterocycles. The van der Waals surface area contributed by atoms with Gasteiger partial charge >= 0.3 is 0 Å². The van der Waals surface area contributed by atoms with Crippen LogP contribution < -0.4 is 5.32 Å². The molecule has 0 bridgehead atoms. The van der Waals surface area contributed by atoms with Crippen molar-refractivity contribution in [2.75, 3.05) is 18.1 Å². The van der Waals surface area contributed by atoms with Gasteiger partial charge in [0.15, 0.2) is 5.82 Å². The van der Waals surface area contributed by atoms with Gasteiger partial charge in [-0.1, -0.05) is 0 Å². The van der Waals surface area contributed by atoms with Crippen LogP contribution in [0.3, 0.4) is 0 Å².